The van der Waals surface area contributed by atoms with E-state index in [1.165, 1.54) is 0 Å². The summed E-state index contributed by atoms with van der Waals surface area (Å²) in [5, 5.41) is 6.48. The molecule has 4 atom stereocenters. The molecule has 0 aliphatic heterocycles. The predicted molar refractivity (Wildman–Crippen MR) is 92.4 cm³/mol. The summed E-state index contributed by atoms with van der Waals surface area (Å²) in [5.41, 5.74) is 0.804. The van der Waals surface area contributed by atoms with Crippen LogP contribution in [0.1, 0.15) is 39.5 Å². The van der Waals surface area contributed by atoms with Crippen LogP contribution < -0.4 is 10.6 Å². The first-order valence-corrected chi connectivity index (χ1v) is 9.49. The quantitative estimate of drug-likeness (QED) is 0.846. The van der Waals surface area contributed by atoms with Gasteiger partial charge in [-0.05, 0) is 31.9 Å². The van der Waals surface area contributed by atoms with Gasteiger partial charge in [-0.1, -0.05) is 38.0 Å². The van der Waals surface area contributed by atoms with Crippen molar-refractivity contribution in [3.63, 3.8) is 0 Å². The van der Waals surface area contributed by atoms with Crippen LogP contribution in [0, 0.1) is 0 Å². The first-order valence-electron chi connectivity index (χ1n) is 8.11. The molecule has 1 aromatic carbocycles. The molecule has 1 aromatic rings. The summed E-state index contributed by atoms with van der Waals surface area (Å²) in [7, 11) is -0.805. The highest BCUT2D eigenvalue weighted by Gasteiger charge is 2.31. The van der Waals surface area contributed by atoms with Gasteiger partial charge < -0.3 is 10.6 Å². The largest absolute Gasteiger partial charge is 0.325 e. The first kappa shape index (κ1) is 17.2. The molecule has 4 unspecified atom stereocenters. The molecule has 0 radical (unpaired) electrons. The lowest BCUT2D eigenvalue weighted by Crippen LogP contribution is -2.51. The number of amides is 1. The topological polar surface area (TPSA) is 58.2 Å². The lowest BCUT2D eigenvalue weighted by atomic mass is 9.94. The number of anilines is 1. The van der Waals surface area contributed by atoms with E-state index in [1.807, 2.05) is 44.2 Å². The van der Waals surface area contributed by atoms with E-state index < -0.39 is 10.8 Å². The Labute approximate surface area is 135 Å². The molecule has 1 aliphatic carbocycles. The highest BCUT2D eigenvalue weighted by molar-refractivity contribution is 7.85. The van der Waals surface area contributed by atoms with Crippen LogP contribution >= 0.6 is 0 Å². The molecular formula is C17H26N2O2S. The molecule has 2 rings (SSSR count). The second-order valence-corrected chi connectivity index (χ2v) is 7.79. The lowest BCUT2D eigenvalue weighted by molar-refractivity contribution is -0.118. The van der Waals surface area contributed by atoms with Gasteiger partial charge >= 0.3 is 0 Å². The fourth-order valence-electron chi connectivity index (χ4n) is 2.99. The SMILES string of the molecule is CCS(=O)C1CCCCC1NC(C)C(=O)Nc1ccccc1. The van der Waals surface area contributed by atoms with E-state index in [4.69, 9.17) is 0 Å². The second-order valence-electron chi connectivity index (χ2n) is 5.84. The van der Waals surface area contributed by atoms with Gasteiger partial charge in [0, 0.05) is 28.3 Å². The van der Waals surface area contributed by atoms with Crippen LogP contribution in [-0.4, -0.2) is 33.2 Å². The molecule has 1 fully saturated rings. The van der Waals surface area contributed by atoms with Crippen LogP contribution in [0.25, 0.3) is 0 Å². The molecule has 0 saturated heterocycles. The fourth-order valence-corrected chi connectivity index (χ4v) is 4.42. The van der Waals surface area contributed by atoms with E-state index in [0.717, 1.165) is 31.4 Å². The molecule has 0 spiro atoms. The molecule has 122 valence electrons. The number of carbonyl (C=O) groups is 1. The van der Waals surface area contributed by atoms with Gasteiger partial charge in [0.15, 0.2) is 0 Å². The minimum Gasteiger partial charge on any atom is -0.325 e. The Hall–Kier alpha value is -1.20. The monoisotopic (exact) mass is 322 g/mol. The first-order chi connectivity index (χ1) is 10.6. The Morgan fingerprint density at radius 1 is 1.27 bits per heavy atom. The zero-order valence-corrected chi connectivity index (χ0v) is 14.2. The Morgan fingerprint density at radius 3 is 2.64 bits per heavy atom. The second kappa shape index (κ2) is 8.44. The molecule has 1 amide bonds. The third-order valence-electron chi connectivity index (χ3n) is 4.22. The smallest absolute Gasteiger partial charge is 0.241 e. The van der Waals surface area contributed by atoms with E-state index in [0.29, 0.717) is 5.75 Å². The summed E-state index contributed by atoms with van der Waals surface area (Å²) in [6.45, 7) is 3.84. The summed E-state index contributed by atoms with van der Waals surface area (Å²) in [4.78, 5) is 12.3. The normalized spacial score (nSPS) is 24.5. The average molecular weight is 322 g/mol. The van der Waals surface area contributed by atoms with Crippen molar-refractivity contribution in [3.8, 4) is 0 Å². The van der Waals surface area contributed by atoms with Crippen LogP contribution in [0.3, 0.4) is 0 Å². The number of hydrogen-bond acceptors (Lipinski definition) is 3. The van der Waals surface area contributed by atoms with E-state index in [2.05, 4.69) is 10.6 Å². The number of nitrogens with one attached hydrogen (secondary N) is 2. The van der Waals surface area contributed by atoms with Crippen LogP contribution in [0.15, 0.2) is 30.3 Å². The third kappa shape index (κ3) is 4.65. The molecule has 22 heavy (non-hydrogen) atoms. The highest BCUT2D eigenvalue weighted by atomic mass is 32.2. The van der Waals surface area contributed by atoms with Gasteiger partial charge in [0.1, 0.15) is 0 Å². The molecular weight excluding hydrogens is 296 g/mol. The molecule has 2 N–H and O–H groups in total. The van der Waals surface area contributed by atoms with Crippen molar-refractivity contribution in [2.24, 2.45) is 0 Å². The summed E-state index contributed by atoms with van der Waals surface area (Å²) >= 11 is 0. The minimum absolute atomic E-state index is 0.0437. The third-order valence-corrected chi connectivity index (χ3v) is 6.03. The predicted octanol–water partition coefficient (Wildman–Crippen LogP) is 2.68. The molecule has 4 nitrogen and oxygen atoms in total. The summed E-state index contributed by atoms with van der Waals surface area (Å²) in [6.07, 6.45) is 4.27. The van der Waals surface area contributed by atoms with Gasteiger partial charge in [0.25, 0.3) is 0 Å². The summed E-state index contributed by atoms with van der Waals surface area (Å²) in [5.74, 6) is 0.644. The van der Waals surface area contributed by atoms with E-state index >= 15 is 0 Å². The van der Waals surface area contributed by atoms with Crippen LogP contribution in [-0.2, 0) is 15.6 Å². The van der Waals surface area contributed by atoms with E-state index in [-0.39, 0.29) is 23.2 Å². The van der Waals surface area contributed by atoms with Gasteiger partial charge in [-0.3, -0.25) is 9.00 Å². The minimum atomic E-state index is -0.805. The maximum atomic E-state index is 12.3. The lowest BCUT2D eigenvalue weighted by Gasteiger charge is -2.33. The maximum absolute atomic E-state index is 12.3. The van der Waals surface area contributed by atoms with Crippen molar-refractivity contribution in [2.45, 2.75) is 56.9 Å². The van der Waals surface area contributed by atoms with Gasteiger partial charge in [-0.15, -0.1) is 0 Å². The molecule has 1 aliphatic rings. The summed E-state index contributed by atoms with van der Waals surface area (Å²) in [6, 6.07) is 9.35. The Balaban J connectivity index is 1.93. The molecule has 0 bridgehead atoms. The van der Waals surface area contributed by atoms with Crippen molar-refractivity contribution in [1.29, 1.82) is 0 Å². The summed E-state index contributed by atoms with van der Waals surface area (Å²) < 4.78 is 12.2. The maximum Gasteiger partial charge on any atom is 0.241 e. The van der Waals surface area contributed by atoms with Crippen LogP contribution in [0.5, 0.6) is 0 Å². The molecule has 0 heterocycles. The fraction of sp³-hybridized carbons (Fsp3) is 0.588. The van der Waals surface area contributed by atoms with Crippen molar-refractivity contribution >= 4 is 22.4 Å². The van der Waals surface area contributed by atoms with Crippen molar-refractivity contribution in [1.82, 2.24) is 5.32 Å². The number of para-hydroxylation sites is 1. The van der Waals surface area contributed by atoms with Gasteiger partial charge in [-0.25, -0.2) is 0 Å². The zero-order valence-electron chi connectivity index (χ0n) is 13.4. The molecule has 0 aromatic heterocycles. The van der Waals surface area contributed by atoms with Crippen molar-refractivity contribution in [2.75, 3.05) is 11.1 Å². The van der Waals surface area contributed by atoms with Crippen LogP contribution in [0.2, 0.25) is 0 Å². The van der Waals surface area contributed by atoms with Gasteiger partial charge in [0.05, 0.1) is 11.3 Å². The van der Waals surface area contributed by atoms with Gasteiger partial charge in [-0.2, -0.15) is 0 Å². The van der Waals surface area contributed by atoms with Crippen LogP contribution in [0.4, 0.5) is 5.69 Å². The number of benzene rings is 1. The number of carbonyl (C=O) groups excluding carboxylic acids is 1. The molecule has 1 saturated carbocycles. The highest BCUT2D eigenvalue weighted by Crippen LogP contribution is 2.23. The Morgan fingerprint density at radius 2 is 1.95 bits per heavy atom. The van der Waals surface area contributed by atoms with Crippen molar-refractivity contribution < 1.29 is 9.00 Å². The number of hydrogen-bond donors (Lipinski definition) is 2. The van der Waals surface area contributed by atoms with Gasteiger partial charge in [0.2, 0.25) is 5.91 Å². The Kier molecular flexibility index (Phi) is 6.58. The zero-order chi connectivity index (χ0) is 15.9. The average Bonchev–Trinajstić information content (AvgIpc) is 2.55. The van der Waals surface area contributed by atoms with E-state index in [9.17, 15) is 9.00 Å². The number of rotatable bonds is 6. The van der Waals surface area contributed by atoms with Crippen molar-refractivity contribution in [3.05, 3.63) is 30.3 Å². The Bertz CT molecular complexity index is 507. The molecule has 5 heteroatoms. The van der Waals surface area contributed by atoms with E-state index in [1.54, 1.807) is 0 Å². The standard InChI is InChI=1S/C17H26N2O2S/c1-3-22(21)16-12-8-7-11-15(16)18-13(2)17(20)19-14-9-5-4-6-10-14/h4-6,9-10,13,15-16,18H,3,7-8,11-12H2,1-2H3,(H,19,20).